The van der Waals surface area contributed by atoms with Gasteiger partial charge in [-0.1, -0.05) is 32.0 Å². The third-order valence-electron chi connectivity index (χ3n) is 4.89. The van der Waals surface area contributed by atoms with Crippen LogP contribution in [0.15, 0.2) is 67.0 Å². The van der Waals surface area contributed by atoms with E-state index in [0.717, 1.165) is 28.6 Å². The fraction of sp³-hybridized carbons (Fsp3) is 0.227. The maximum Gasteiger partial charge on any atom is 0.153 e. The number of benzene rings is 1. The van der Waals surface area contributed by atoms with Crippen LogP contribution < -0.4 is 0 Å². The smallest absolute Gasteiger partial charge is 0.153 e. The summed E-state index contributed by atoms with van der Waals surface area (Å²) < 4.78 is 3.73. The van der Waals surface area contributed by atoms with Crippen molar-refractivity contribution in [3.8, 4) is 11.5 Å². The summed E-state index contributed by atoms with van der Waals surface area (Å²) in [6, 6.07) is 18.6. The zero-order valence-electron chi connectivity index (χ0n) is 16.1. The molecule has 4 aromatic rings. The number of pyridine rings is 1. The third kappa shape index (κ3) is 3.28. The van der Waals surface area contributed by atoms with Gasteiger partial charge < -0.3 is 0 Å². The lowest BCUT2D eigenvalue weighted by molar-refractivity contribution is 0.611. The van der Waals surface area contributed by atoms with Crippen molar-refractivity contribution in [3.05, 3.63) is 89.6 Å². The summed E-state index contributed by atoms with van der Waals surface area (Å²) in [5.41, 5.74) is 4.97. The van der Waals surface area contributed by atoms with Gasteiger partial charge in [0.1, 0.15) is 0 Å². The molecule has 0 fully saturated rings. The van der Waals surface area contributed by atoms with Gasteiger partial charge in [0.15, 0.2) is 5.82 Å². The Hall–Kier alpha value is -3.21. The van der Waals surface area contributed by atoms with Crippen LogP contribution in [0.3, 0.4) is 0 Å². The molecule has 0 unspecified atom stereocenters. The molecular weight excluding hydrogens is 334 g/mol. The van der Waals surface area contributed by atoms with Gasteiger partial charge in [0.05, 0.1) is 22.8 Å². The minimum Gasteiger partial charge on any atom is -0.241 e. The van der Waals surface area contributed by atoms with Crippen molar-refractivity contribution >= 4 is 0 Å². The zero-order chi connectivity index (χ0) is 19.0. The average Bonchev–Trinajstić information content (AvgIpc) is 3.30. The number of aryl methyl sites for hydroxylation is 2. The molecule has 5 heteroatoms. The van der Waals surface area contributed by atoms with Crippen molar-refractivity contribution in [1.29, 1.82) is 0 Å². The molecule has 0 aliphatic rings. The molecule has 0 atom stereocenters. The van der Waals surface area contributed by atoms with Gasteiger partial charge in [-0.15, -0.1) is 0 Å². The van der Waals surface area contributed by atoms with E-state index in [4.69, 9.17) is 4.98 Å². The Morgan fingerprint density at radius 1 is 0.778 bits per heavy atom. The highest BCUT2D eigenvalue weighted by Crippen LogP contribution is 2.31. The third-order valence-corrected chi connectivity index (χ3v) is 4.89. The molecule has 0 N–H and O–H groups in total. The monoisotopic (exact) mass is 357 g/mol. The predicted octanol–water partition coefficient (Wildman–Crippen LogP) is 4.40. The summed E-state index contributed by atoms with van der Waals surface area (Å²) >= 11 is 0. The van der Waals surface area contributed by atoms with Gasteiger partial charge in [-0.3, -0.25) is 0 Å². The van der Waals surface area contributed by atoms with Crippen molar-refractivity contribution in [2.24, 2.45) is 0 Å². The van der Waals surface area contributed by atoms with Crippen LogP contribution in [-0.4, -0.2) is 24.5 Å². The summed E-state index contributed by atoms with van der Waals surface area (Å²) in [4.78, 5) is 4.89. The van der Waals surface area contributed by atoms with Gasteiger partial charge in [-0.05, 0) is 55.8 Å². The maximum absolute atomic E-state index is 4.89. The first-order valence-electron chi connectivity index (χ1n) is 9.07. The Morgan fingerprint density at radius 2 is 1.44 bits per heavy atom. The Morgan fingerprint density at radius 3 is 2.11 bits per heavy atom. The Bertz CT molecular complexity index is 1000. The molecule has 0 bridgehead atoms. The van der Waals surface area contributed by atoms with Crippen molar-refractivity contribution in [1.82, 2.24) is 24.5 Å². The molecule has 3 aromatic heterocycles. The normalized spacial score (nSPS) is 11.7. The van der Waals surface area contributed by atoms with E-state index in [1.807, 2.05) is 59.9 Å². The lowest BCUT2D eigenvalue weighted by Gasteiger charge is -2.26. The fourth-order valence-corrected chi connectivity index (χ4v) is 3.19. The van der Waals surface area contributed by atoms with Crippen molar-refractivity contribution in [2.45, 2.75) is 33.1 Å². The lowest BCUT2D eigenvalue weighted by atomic mass is 9.81. The van der Waals surface area contributed by atoms with Crippen molar-refractivity contribution < 1.29 is 0 Å². The van der Waals surface area contributed by atoms with Crippen LogP contribution in [-0.2, 0) is 5.41 Å². The predicted molar refractivity (Wildman–Crippen MR) is 107 cm³/mol. The summed E-state index contributed by atoms with van der Waals surface area (Å²) in [5.74, 6) is 0.826. The van der Waals surface area contributed by atoms with E-state index in [9.17, 15) is 0 Å². The molecule has 0 radical (unpaired) electrons. The molecule has 1 aromatic carbocycles. The van der Waals surface area contributed by atoms with Crippen LogP contribution in [0, 0.1) is 13.8 Å². The standard InChI is InChI=1S/C22H23N5/c1-16-11-13-26(24-16)19-8-5-7-18(15-19)22(3,4)20-9-6-10-21(23-20)27-14-12-17(2)25-27/h5-15H,1-4H3. The Balaban J connectivity index is 1.73. The first kappa shape index (κ1) is 17.2. The summed E-state index contributed by atoms with van der Waals surface area (Å²) in [6.45, 7) is 8.37. The molecule has 0 saturated heterocycles. The molecule has 4 rings (SSSR count). The Kier molecular flexibility index (Phi) is 4.15. The molecular formula is C22H23N5. The highest BCUT2D eigenvalue weighted by molar-refractivity contribution is 5.43. The van der Waals surface area contributed by atoms with Gasteiger partial charge in [-0.2, -0.15) is 10.2 Å². The number of hydrogen-bond acceptors (Lipinski definition) is 3. The van der Waals surface area contributed by atoms with E-state index in [1.165, 1.54) is 5.56 Å². The second-order valence-corrected chi connectivity index (χ2v) is 7.36. The van der Waals surface area contributed by atoms with Crippen LogP contribution >= 0.6 is 0 Å². The van der Waals surface area contributed by atoms with Gasteiger partial charge in [0, 0.05) is 17.8 Å². The minimum atomic E-state index is -0.254. The van der Waals surface area contributed by atoms with E-state index in [0.29, 0.717) is 0 Å². The molecule has 0 aliphatic carbocycles. The van der Waals surface area contributed by atoms with E-state index < -0.39 is 0 Å². The molecule has 0 saturated carbocycles. The second kappa shape index (κ2) is 6.50. The van der Waals surface area contributed by atoms with Crippen LogP contribution in [0.4, 0.5) is 0 Å². The van der Waals surface area contributed by atoms with Crippen LogP contribution in [0.2, 0.25) is 0 Å². The summed E-state index contributed by atoms with van der Waals surface area (Å²) in [6.07, 6.45) is 3.93. The van der Waals surface area contributed by atoms with E-state index >= 15 is 0 Å². The van der Waals surface area contributed by atoms with Gasteiger partial charge in [0.25, 0.3) is 0 Å². The van der Waals surface area contributed by atoms with Crippen LogP contribution in [0.25, 0.3) is 11.5 Å². The fourth-order valence-electron chi connectivity index (χ4n) is 3.19. The highest BCUT2D eigenvalue weighted by atomic mass is 15.3. The molecule has 136 valence electrons. The van der Waals surface area contributed by atoms with Crippen LogP contribution in [0.5, 0.6) is 0 Å². The van der Waals surface area contributed by atoms with Gasteiger partial charge in [-0.25, -0.2) is 14.3 Å². The average molecular weight is 357 g/mol. The van der Waals surface area contributed by atoms with E-state index in [1.54, 1.807) is 0 Å². The SMILES string of the molecule is Cc1ccn(-c2cccc(C(C)(C)c3cccc(-n4ccc(C)n4)n3)c2)n1. The topological polar surface area (TPSA) is 48.5 Å². The quantitative estimate of drug-likeness (QED) is 0.544. The van der Waals surface area contributed by atoms with E-state index in [-0.39, 0.29) is 5.41 Å². The summed E-state index contributed by atoms with van der Waals surface area (Å²) in [7, 11) is 0. The molecule has 3 heterocycles. The second-order valence-electron chi connectivity index (χ2n) is 7.36. The molecule has 5 nitrogen and oxygen atoms in total. The molecule has 0 amide bonds. The number of nitrogens with zero attached hydrogens (tertiary/aromatic N) is 5. The largest absolute Gasteiger partial charge is 0.241 e. The number of hydrogen-bond donors (Lipinski definition) is 0. The molecule has 27 heavy (non-hydrogen) atoms. The van der Waals surface area contributed by atoms with Gasteiger partial charge in [0.2, 0.25) is 0 Å². The van der Waals surface area contributed by atoms with Crippen molar-refractivity contribution in [2.75, 3.05) is 0 Å². The van der Waals surface area contributed by atoms with Crippen molar-refractivity contribution in [3.63, 3.8) is 0 Å². The first-order valence-corrected chi connectivity index (χ1v) is 9.07. The Labute approximate surface area is 159 Å². The number of aromatic nitrogens is 5. The minimum absolute atomic E-state index is 0.254. The van der Waals surface area contributed by atoms with E-state index in [2.05, 4.69) is 54.4 Å². The lowest BCUT2D eigenvalue weighted by Crippen LogP contribution is -2.21. The zero-order valence-corrected chi connectivity index (χ0v) is 16.1. The first-order chi connectivity index (χ1) is 12.9. The van der Waals surface area contributed by atoms with Gasteiger partial charge >= 0.3 is 0 Å². The van der Waals surface area contributed by atoms with Crippen LogP contribution in [0.1, 0.15) is 36.5 Å². The maximum atomic E-state index is 4.89. The number of rotatable bonds is 4. The molecule has 0 aliphatic heterocycles. The summed E-state index contributed by atoms with van der Waals surface area (Å²) in [5, 5.41) is 9.00. The highest BCUT2D eigenvalue weighted by Gasteiger charge is 2.25. The molecule has 0 spiro atoms.